The van der Waals surface area contributed by atoms with Crippen LogP contribution in [0, 0.1) is 0 Å². The Morgan fingerprint density at radius 2 is 1.95 bits per heavy atom. The minimum absolute atomic E-state index is 0.277. The molecule has 102 valence electrons. The summed E-state index contributed by atoms with van der Waals surface area (Å²) >= 11 is 1.67. The van der Waals surface area contributed by atoms with Crippen LogP contribution in [0.3, 0.4) is 0 Å². The highest BCUT2D eigenvalue weighted by molar-refractivity contribution is 7.08. The number of aromatic nitrogens is 2. The van der Waals surface area contributed by atoms with Crippen molar-refractivity contribution in [1.29, 1.82) is 0 Å². The number of phenolic OH excluding ortho intramolecular Hbond substituents is 1. The van der Waals surface area contributed by atoms with Crippen LogP contribution < -0.4 is 0 Å². The van der Waals surface area contributed by atoms with Gasteiger partial charge in [-0.05, 0) is 34.5 Å². The highest BCUT2D eigenvalue weighted by Gasteiger charge is 2.11. The predicted octanol–water partition coefficient (Wildman–Crippen LogP) is 4.66. The number of pyridine rings is 1. The second-order valence-corrected chi connectivity index (χ2v) is 5.63. The molecule has 0 bridgehead atoms. The van der Waals surface area contributed by atoms with Gasteiger partial charge in [0.25, 0.3) is 0 Å². The van der Waals surface area contributed by atoms with Gasteiger partial charge in [-0.25, -0.2) is 4.98 Å². The lowest BCUT2D eigenvalue weighted by Crippen LogP contribution is -1.81. The number of hydrogen-bond donors (Lipinski definition) is 2. The van der Waals surface area contributed by atoms with E-state index in [1.54, 1.807) is 17.4 Å². The zero-order valence-corrected chi connectivity index (χ0v) is 11.9. The summed E-state index contributed by atoms with van der Waals surface area (Å²) in [6.07, 6.45) is 3.76. The summed E-state index contributed by atoms with van der Waals surface area (Å²) in [6.45, 7) is 0. The minimum Gasteiger partial charge on any atom is -0.507 e. The molecule has 21 heavy (non-hydrogen) atoms. The van der Waals surface area contributed by atoms with E-state index in [0.29, 0.717) is 0 Å². The molecule has 4 rings (SSSR count). The molecule has 0 atom stereocenters. The van der Waals surface area contributed by atoms with E-state index < -0.39 is 0 Å². The Kier molecular flexibility index (Phi) is 2.75. The summed E-state index contributed by atoms with van der Waals surface area (Å²) in [7, 11) is 0. The lowest BCUT2D eigenvalue weighted by molar-refractivity contribution is 0.477. The average molecular weight is 292 g/mol. The average Bonchev–Trinajstić information content (AvgIpc) is 3.17. The molecule has 0 radical (unpaired) electrons. The van der Waals surface area contributed by atoms with E-state index in [2.05, 4.69) is 32.9 Å². The number of para-hydroxylation sites is 1. The molecule has 0 spiro atoms. The monoisotopic (exact) mass is 292 g/mol. The highest BCUT2D eigenvalue weighted by atomic mass is 32.1. The van der Waals surface area contributed by atoms with Crippen molar-refractivity contribution in [3.8, 4) is 28.0 Å². The topological polar surface area (TPSA) is 48.9 Å². The van der Waals surface area contributed by atoms with Crippen LogP contribution in [-0.2, 0) is 0 Å². The fourth-order valence-electron chi connectivity index (χ4n) is 2.51. The third-order valence-electron chi connectivity index (χ3n) is 3.58. The largest absolute Gasteiger partial charge is 0.507 e. The summed E-state index contributed by atoms with van der Waals surface area (Å²) < 4.78 is 0. The number of hydrogen-bond acceptors (Lipinski definition) is 3. The Morgan fingerprint density at radius 1 is 1.05 bits per heavy atom. The maximum absolute atomic E-state index is 10.1. The van der Waals surface area contributed by atoms with Crippen molar-refractivity contribution in [2.24, 2.45) is 0 Å². The van der Waals surface area contributed by atoms with Gasteiger partial charge in [0, 0.05) is 34.5 Å². The summed E-state index contributed by atoms with van der Waals surface area (Å²) in [6, 6.07) is 11.6. The summed E-state index contributed by atoms with van der Waals surface area (Å²) in [5.74, 6) is 0.277. The molecule has 0 unspecified atom stereocenters. The van der Waals surface area contributed by atoms with Gasteiger partial charge in [0.15, 0.2) is 0 Å². The fourth-order valence-corrected chi connectivity index (χ4v) is 3.18. The first-order valence-electron chi connectivity index (χ1n) is 6.61. The fraction of sp³-hybridized carbons (Fsp3) is 0. The Balaban J connectivity index is 1.95. The van der Waals surface area contributed by atoms with Gasteiger partial charge in [-0.3, -0.25) is 0 Å². The Labute approximate surface area is 125 Å². The van der Waals surface area contributed by atoms with Gasteiger partial charge in [-0.2, -0.15) is 11.3 Å². The summed E-state index contributed by atoms with van der Waals surface area (Å²) in [5.41, 5.74) is 4.85. The van der Waals surface area contributed by atoms with E-state index in [9.17, 15) is 5.11 Å². The number of nitrogens with zero attached hydrogens (tertiary/aromatic N) is 1. The van der Waals surface area contributed by atoms with Crippen LogP contribution in [0.1, 0.15) is 0 Å². The maximum Gasteiger partial charge on any atom is 0.137 e. The van der Waals surface area contributed by atoms with Gasteiger partial charge in [-0.1, -0.05) is 18.2 Å². The number of H-pyrrole nitrogens is 1. The standard InChI is InChI=1S/C17H12N2OS/c20-16-4-2-1-3-13(16)15-9-19-17-14(15)7-12(8-18-17)11-5-6-21-10-11/h1-10,20H,(H,18,19). The lowest BCUT2D eigenvalue weighted by atomic mass is 10.0. The molecule has 0 aliphatic heterocycles. The Bertz CT molecular complexity index is 910. The normalized spacial score (nSPS) is 11.0. The highest BCUT2D eigenvalue weighted by Crippen LogP contribution is 2.35. The number of phenols is 1. The van der Waals surface area contributed by atoms with Crippen LogP contribution in [-0.4, -0.2) is 15.1 Å². The molecular weight excluding hydrogens is 280 g/mol. The molecule has 3 heterocycles. The molecular formula is C17H12N2OS. The number of fused-ring (bicyclic) bond motifs is 1. The third kappa shape index (κ3) is 2.00. The van der Waals surface area contributed by atoms with Crippen LogP contribution in [0.25, 0.3) is 33.3 Å². The van der Waals surface area contributed by atoms with Gasteiger partial charge in [-0.15, -0.1) is 0 Å². The Morgan fingerprint density at radius 3 is 2.76 bits per heavy atom. The number of benzene rings is 1. The summed E-state index contributed by atoms with van der Waals surface area (Å²) in [4.78, 5) is 7.65. The van der Waals surface area contributed by atoms with E-state index in [0.717, 1.165) is 27.7 Å². The van der Waals surface area contributed by atoms with Crippen LogP contribution in [0.15, 0.2) is 59.6 Å². The molecule has 0 amide bonds. The van der Waals surface area contributed by atoms with Crippen molar-refractivity contribution in [3.05, 3.63) is 59.6 Å². The molecule has 3 nitrogen and oxygen atoms in total. The second-order valence-electron chi connectivity index (χ2n) is 4.85. The molecule has 0 saturated heterocycles. The van der Waals surface area contributed by atoms with Crippen molar-refractivity contribution in [2.45, 2.75) is 0 Å². The van der Waals surface area contributed by atoms with Crippen LogP contribution >= 0.6 is 11.3 Å². The first kappa shape index (κ1) is 12.2. The second kappa shape index (κ2) is 4.75. The van der Waals surface area contributed by atoms with Gasteiger partial charge < -0.3 is 10.1 Å². The molecule has 3 aromatic heterocycles. The van der Waals surface area contributed by atoms with Crippen molar-refractivity contribution in [3.63, 3.8) is 0 Å². The zero-order chi connectivity index (χ0) is 14.2. The molecule has 2 N–H and O–H groups in total. The molecule has 0 fully saturated rings. The number of nitrogens with one attached hydrogen (secondary N) is 1. The predicted molar refractivity (Wildman–Crippen MR) is 86.5 cm³/mol. The van der Waals surface area contributed by atoms with Gasteiger partial charge in [0.05, 0.1) is 0 Å². The van der Waals surface area contributed by atoms with E-state index in [4.69, 9.17) is 0 Å². The SMILES string of the molecule is Oc1ccccc1-c1c[nH]c2ncc(-c3ccsc3)cc12. The first-order valence-corrected chi connectivity index (χ1v) is 7.55. The smallest absolute Gasteiger partial charge is 0.137 e. The first-order chi connectivity index (χ1) is 10.3. The number of thiophene rings is 1. The Hall–Kier alpha value is -2.59. The zero-order valence-electron chi connectivity index (χ0n) is 11.1. The molecule has 0 aliphatic rings. The third-order valence-corrected chi connectivity index (χ3v) is 4.26. The van der Waals surface area contributed by atoms with E-state index >= 15 is 0 Å². The van der Waals surface area contributed by atoms with Crippen molar-refractivity contribution in [2.75, 3.05) is 0 Å². The van der Waals surface area contributed by atoms with Gasteiger partial charge >= 0.3 is 0 Å². The van der Waals surface area contributed by atoms with Crippen molar-refractivity contribution < 1.29 is 5.11 Å². The van der Waals surface area contributed by atoms with Gasteiger partial charge in [0.1, 0.15) is 11.4 Å². The molecule has 0 aliphatic carbocycles. The van der Waals surface area contributed by atoms with Crippen LogP contribution in [0.4, 0.5) is 0 Å². The maximum atomic E-state index is 10.1. The summed E-state index contributed by atoms with van der Waals surface area (Å²) in [5, 5.41) is 15.2. The molecule has 0 saturated carbocycles. The van der Waals surface area contributed by atoms with Crippen molar-refractivity contribution >= 4 is 22.4 Å². The lowest BCUT2D eigenvalue weighted by Gasteiger charge is -2.03. The van der Waals surface area contributed by atoms with E-state index in [-0.39, 0.29) is 5.75 Å². The van der Waals surface area contributed by atoms with Crippen LogP contribution in [0.5, 0.6) is 5.75 Å². The number of rotatable bonds is 2. The van der Waals surface area contributed by atoms with E-state index in [1.807, 2.05) is 30.6 Å². The van der Waals surface area contributed by atoms with Crippen LogP contribution in [0.2, 0.25) is 0 Å². The number of aromatic hydroxyl groups is 1. The molecule has 1 aromatic carbocycles. The molecule has 4 heteroatoms. The quantitative estimate of drug-likeness (QED) is 0.564. The van der Waals surface area contributed by atoms with Crippen molar-refractivity contribution in [1.82, 2.24) is 9.97 Å². The van der Waals surface area contributed by atoms with E-state index in [1.165, 1.54) is 5.56 Å². The van der Waals surface area contributed by atoms with Gasteiger partial charge in [0.2, 0.25) is 0 Å². The number of aromatic amines is 1. The minimum atomic E-state index is 0.277. The molecule has 4 aromatic rings.